The predicted molar refractivity (Wildman–Crippen MR) is 125 cm³/mol. The summed E-state index contributed by atoms with van der Waals surface area (Å²) in [6, 6.07) is 8.60. The number of hydrogen-bond acceptors (Lipinski definition) is 6. The summed E-state index contributed by atoms with van der Waals surface area (Å²) in [5, 5.41) is 10.0. The first kappa shape index (κ1) is 24.2. The van der Waals surface area contributed by atoms with E-state index in [1.165, 1.54) is 0 Å². The Morgan fingerprint density at radius 1 is 1.09 bits per heavy atom. The van der Waals surface area contributed by atoms with E-state index < -0.39 is 12.0 Å². The maximum absolute atomic E-state index is 12.2. The standard InChI is InChI=1S/C24H30BrNO6/c1-5-32-19-10-9-16(25)14-17(19)22(26-11-7-6-8-18(26)24(27)28)15-12-20(29-2)23(31-4)21(13-15)30-3/h9-10,12-14,18,22H,5-8,11H2,1-4H3,(H,27,28). The number of carboxylic acids is 1. The highest BCUT2D eigenvalue weighted by atomic mass is 79.9. The molecule has 2 aromatic rings. The number of halogens is 1. The fourth-order valence-electron chi connectivity index (χ4n) is 4.36. The van der Waals surface area contributed by atoms with Crippen LogP contribution >= 0.6 is 15.9 Å². The Hall–Kier alpha value is -2.45. The molecule has 2 aromatic carbocycles. The number of ether oxygens (including phenoxy) is 4. The molecule has 1 fully saturated rings. The average molecular weight is 508 g/mol. The minimum Gasteiger partial charge on any atom is -0.494 e. The van der Waals surface area contributed by atoms with Gasteiger partial charge in [-0.05, 0) is 62.2 Å². The molecule has 174 valence electrons. The maximum atomic E-state index is 12.2. The molecule has 7 nitrogen and oxygen atoms in total. The minimum absolute atomic E-state index is 0.385. The maximum Gasteiger partial charge on any atom is 0.320 e. The molecule has 0 spiro atoms. The summed E-state index contributed by atoms with van der Waals surface area (Å²) < 4.78 is 23.5. The number of carbonyl (C=O) groups is 1. The number of aliphatic carboxylic acids is 1. The molecule has 32 heavy (non-hydrogen) atoms. The van der Waals surface area contributed by atoms with Crippen LogP contribution in [0.1, 0.15) is 43.4 Å². The van der Waals surface area contributed by atoms with Crippen LogP contribution in [0.4, 0.5) is 0 Å². The van der Waals surface area contributed by atoms with E-state index in [1.807, 2.05) is 42.2 Å². The van der Waals surface area contributed by atoms with Gasteiger partial charge in [-0.2, -0.15) is 0 Å². The molecule has 1 aliphatic rings. The fraction of sp³-hybridized carbons (Fsp3) is 0.458. The largest absolute Gasteiger partial charge is 0.494 e. The van der Waals surface area contributed by atoms with Gasteiger partial charge in [0.15, 0.2) is 11.5 Å². The van der Waals surface area contributed by atoms with Gasteiger partial charge in [-0.25, -0.2) is 0 Å². The first-order valence-electron chi connectivity index (χ1n) is 10.7. The highest BCUT2D eigenvalue weighted by molar-refractivity contribution is 9.10. The van der Waals surface area contributed by atoms with Crippen LogP contribution in [-0.2, 0) is 4.79 Å². The Morgan fingerprint density at radius 2 is 1.78 bits per heavy atom. The number of likely N-dealkylation sites (tertiary alicyclic amines) is 1. The molecule has 0 aromatic heterocycles. The van der Waals surface area contributed by atoms with Gasteiger partial charge in [0.2, 0.25) is 5.75 Å². The van der Waals surface area contributed by atoms with Crippen molar-refractivity contribution in [2.75, 3.05) is 34.5 Å². The second-order valence-electron chi connectivity index (χ2n) is 7.56. The van der Waals surface area contributed by atoms with Crippen molar-refractivity contribution < 1.29 is 28.8 Å². The van der Waals surface area contributed by atoms with E-state index in [2.05, 4.69) is 15.9 Å². The molecule has 0 radical (unpaired) electrons. The zero-order valence-electron chi connectivity index (χ0n) is 18.9. The lowest BCUT2D eigenvalue weighted by molar-refractivity contribution is -0.145. The average Bonchev–Trinajstić information content (AvgIpc) is 2.80. The third-order valence-corrected chi connectivity index (χ3v) is 6.22. The van der Waals surface area contributed by atoms with Gasteiger partial charge in [0.1, 0.15) is 11.8 Å². The summed E-state index contributed by atoms with van der Waals surface area (Å²) in [4.78, 5) is 14.2. The molecule has 0 aliphatic carbocycles. The Bertz CT molecular complexity index is 925. The van der Waals surface area contributed by atoms with Gasteiger partial charge in [0.05, 0.1) is 34.0 Å². The molecule has 8 heteroatoms. The van der Waals surface area contributed by atoms with Crippen LogP contribution < -0.4 is 18.9 Å². The van der Waals surface area contributed by atoms with Crippen LogP contribution in [0.25, 0.3) is 0 Å². The second kappa shape index (κ2) is 10.9. The lowest BCUT2D eigenvalue weighted by Crippen LogP contribution is -2.47. The van der Waals surface area contributed by atoms with Crippen molar-refractivity contribution in [2.24, 2.45) is 0 Å². The van der Waals surface area contributed by atoms with Crippen molar-refractivity contribution >= 4 is 21.9 Å². The van der Waals surface area contributed by atoms with E-state index in [9.17, 15) is 9.90 Å². The zero-order chi connectivity index (χ0) is 23.3. The number of carboxylic acid groups (broad SMARTS) is 1. The molecular weight excluding hydrogens is 478 g/mol. The van der Waals surface area contributed by atoms with Crippen LogP contribution in [0, 0.1) is 0 Å². The summed E-state index contributed by atoms with van der Waals surface area (Å²) in [5.74, 6) is 1.41. The molecule has 0 bridgehead atoms. The Balaban J connectivity index is 2.27. The summed E-state index contributed by atoms with van der Waals surface area (Å²) in [5.41, 5.74) is 1.72. The van der Waals surface area contributed by atoms with Crippen molar-refractivity contribution in [3.8, 4) is 23.0 Å². The molecule has 3 rings (SSSR count). The normalized spacial score (nSPS) is 17.5. The number of hydrogen-bond donors (Lipinski definition) is 1. The second-order valence-corrected chi connectivity index (χ2v) is 8.48. The Labute approximate surface area is 197 Å². The summed E-state index contributed by atoms with van der Waals surface area (Å²) in [7, 11) is 4.70. The summed E-state index contributed by atoms with van der Waals surface area (Å²) >= 11 is 3.58. The lowest BCUT2D eigenvalue weighted by Gasteiger charge is -2.40. The number of nitrogens with zero attached hydrogens (tertiary/aromatic N) is 1. The van der Waals surface area contributed by atoms with Crippen molar-refractivity contribution in [1.82, 2.24) is 4.90 Å². The van der Waals surface area contributed by atoms with Gasteiger partial charge in [0, 0.05) is 10.0 Å². The first-order chi connectivity index (χ1) is 15.4. The summed E-state index contributed by atoms with van der Waals surface area (Å²) in [6.07, 6.45) is 2.39. The molecule has 1 aliphatic heterocycles. The molecule has 1 N–H and O–H groups in total. The Kier molecular flexibility index (Phi) is 8.26. The van der Waals surface area contributed by atoms with E-state index in [4.69, 9.17) is 18.9 Å². The van der Waals surface area contributed by atoms with Gasteiger partial charge in [-0.15, -0.1) is 0 Å². The van der Waals surface area contributed by atoms with Crippen molar-refractivity contribution in [2.45, 2.75) is 38.3 Å². The fourth-order valence-corrected chi connectivity index (χ4v) is 4.74. The molecule has 1 heterocycles. The van der Waals surface area contributed by atoms with E-state index in [-0.39, 0.29) is 6.04 Å². The number of rotatable bonds is 9. The molecular formula is C24H30BrNO6. The zero-order valence-corrected chi connectivity index (χ0v) is 20.5. The smallest absolute Gasteiger partial charge is 0.320 e. The molecule has 2 atom stereocenters. The van der Waals surface area contributed by atoms with Gasteiger partial charge in [-0.3, -0.25) is 9.69 Å². The highest BCUT2D eigenvalue weighted by Crippen LogP contribution is 2.45. The Morgan fingerprint density at radius 3 is 2.34 bits per heavy atom. The SMILES string of the molecule is CCOc1ccc(Br)cc1C(c1cc(OC)c(OC)c(OC)c1)N1CCCCC1C(=O)O. The topological polar surface area (TPSA) is 77.5 Å². The summed E-state index contributed by atoms with van der Waals surface area (Å²) in [6.45, 7) is 3.08. The van der Waals surface area contributed by atoms with Crippen molar-refractivity contribution in [3.63, 3.8) is 0 Å². The minimum atomic E-state index is -0.824. The highest BCUT2D eigenvalue weighted by Gasteiger charge is 2.37. The first-order valence-corrected chi connectivity index (χ1v) is 11.4. The van der Waals surface area contributed by atoms with Crippen LogP contribution in [0.15, 0.2) is 34.8 Å². The van der Waals surface area contributed by atoms with Crippen molar-refractivity contribution in [3.05, 3.63) is 45.9 Å². The quantitative estimate of drug-likeness (QED) is 0.516. The van der Waals surface area contributed by atoms with Crippen LogP contribution in [0.5, 0.6) is 23.0 Å². The van der Waals surface area contributed by atoms with Crippen LogP contribution in [0.3, 0.4) is 0 Å². The molecule has 0 saturated carbocycles. The predicted octanol–water partition coefficient (Wildman–Crippen LogP) is 4.90. The van der Waals surface area contributed by atoms with E-state index in [1.54, 1.807) is 21.3 Å². The third kappa shape index (κ3) is 4.96. The van der Waals surface area contributed by atoms with Gasteiger partial charge < -0.3 is 24.1 Å². The van der Waals surface area contributed by atoms with E-state index in [0.717, 1.165) is 28.4 Å². The number of methoxy groups -OCH3 is 3. The number of benzene rings is 2. The van der Waals surface area contributed by atoms with Crippen LogP contribution in [0.2, 0.25) is 0 Å². The van der Waals surface area contributed by atoms with E-state index >= 15 is 0 Å². The van der Waals surface area contributed by atoms with Gasteiger partial charge in [0.25, 0.3) is 0 Å². The number of piperidine rings is 1. The van der Waals surface area contributed by atoms with Crippen LogP contribution in [-0.4, -0.2) is 56.5 Å². The van der Waals surface area contributed by atoms with Gasteiger partial charge in [-0.1, -0.05) is 22.4 Å². The lowest BCUT2D eigenvalue weighted by atomic mass is 9.90. The third-order valence-electron chi connectivity index (χ3n) is 5.73. The molecule has 0 amide bonds. The van der Waals surface area contributed by atoms with Crippen molar-refractivity contribution in [1.29, 1.82) is 0 Å². The van der Waals surface area contributed by atoms with E-state index in [0.29, 0.717) is 42.6 Å². The van der Waals surface area contributed by atoms with Gasteiger partial charge >= 0.3 is 5.97 Å². The monoisotopic (exact) mass is 507 g/mol. The molecule has 1 saturated heterocycles. The molecule has 2 unspecified atom stereocenters.